The van der Waals surface area contributed by atoms with Crippen LogP contribution in [0.5, 0.6) is 0 Å². The molecule has 2 heterocycles. The number of aryl methyl sites for hydroxylation is 1. The second kappa shape index (κ2) is 8.07. The second-order valence-electron chi connectivity index (χ2n) is 8.33. The molecule has 0 spiro atoms. The van der Waals surface area contributed by atoms with E-state index in [1.54, 1.807) is 17.0 Å². The van der Waals surface area contributed by atoms with E-state index in [0.717, 1.165) is 37.7 Å². The molecule has 1 aromatic carbocycles. The maximum atomic E-state index is 13.1. The van der Waals surface area contributed by atoms with Crippen molar-refractivity contribution in [2.24, 2.45) is 5.92 Å². The summed E-state index contributed by atoms with van der Waals surface area (Å²) in [5.41, 5.74) is 1.20. The Bertz CT molecular complexity index is 897. The molecule has 1 saturated carbocycles. The van der Waals surface area contributed by atoms with Gasteiger partial charge in [-0.3, -0.25) is 9.59 Å². The fourth-order valence-electron chi connectivity index (χ4n) is 4.14. The average Bonchev–Trinajstić information content (AvgIpc) is 3.59. The van der Waals surface area contributed by atoms with E-state index in [1.807, 2.05) is 11.8 Å². The van der Waals surface area contributed by atoms with Crippen LogP contribution in [0.15, 0.2) is 23.1 Å². The molecule has 4 rings (SSSR count). The van der Waals surface area contributed by atoms with Crippen molar-refractivity contribution >= 4 is 21.8 Å². The lowest BCUT2D eigenvalue weighted by Crippen LogP contribution is -2.51. The lowest BCUT2D eigenvalue weighted by Gasteiger charge is -2.35. The summed E-state index contributed by atoms with van der Waals surface area (Å²) in [7, 11) is -3.58. The van der Waals surface area contributed by atoms with Gasteiger partial charge in [-0.1, -0.05) is 12.5 Å². The summed E-state index contributed by atoms with van der Waals surface area (Å²) >= 11 is 0. The molecule has 8 heteroatoms. The molecule has 29 heavy (non-hydrogen) atoms. The van der Waals surface area contributed by atoms with Crippen molar-refractivity contribution in [3.63, 3.8) is 0 Å². The van der Waals surface area contributed by atoms with Crippen LogP contribution in [0, 0.1) is 12.8 Å². The molecule has 0 radical (unpaired) electrons. The van der Waals surface area contributed by atoms with Gasteiger partial charge in [0.2, 0.25) is 15.9 Å². The predicted octanol–water partition coefficient (Wildman–Crippen LogP) is 1.86. The molecule has 0 bridgehead atoms. The van der Waals surface area contributed by atoms with Gasteiger partial charge in [-0.2, -0.15) is 4.31 Å². The number of piperidine rings is 1. The lowest BCUT2D eigenvalue weighted by molar-refractivity contribution is -0.134. The van der Waals surface area contributed by atoms with E-state index in [1.165, 1.54) is 10.4 Å². The van der Waals surface area contributed by atoms with Gasteiger partial charge >= 0.3 is 0 Å². The number of hydrogen-bond acceptors (Lipinski definition) is 4. The Balaban J connectivity index is 1.48. The fraction of sp³-hybridized carbons (Fsp3) is 0.619. The van der Waals surface area contributed by atoms with Gasteiger partial charge in [0.15, 0.2) is 0 Å². The van der Waals surface area contributed by atoms with Crippen LogP contribution in [-0.2, 0) is 14.8 Å². The summed E-state index contributed by atoms with van der Waals surface area (Å²) in [5.74, 6) is 0.246. The summed E-state index contributed by atoms with van der Waals surface area (Å²) in [5, 5.41) is 0. The molecule has 1 aliphatic carbocycles. The highest BCUT2D eigenvalue weighted by molar-refractivity contribution is 7.89. The highest BCUT2D eigenvalue weighted by atomic mass is 32.2. The Kier molecular flexibility index (Phi) is 5.66. The molecule has 0 N–H and O–H groups in total. The number of amides is 2. The van der Waals surface area contributed by atoms with Crippen molar-refractivity contribution in [2.75, 3.05) is 39.3 Å². The van der Waals surface area contributed by atoms with Gasteiger partial charge < -0.3 is 9.80 Å². The van der Waals surface area contributed by atoms with E-state index >= 15 is 0 Å². The molecule has 3 fully saturated rings. The average molecular weight is 420 g/mol. The highest BCUT2D eigenvalue weighted by Gasteiger charge is 2.35. The monoisotopic (exact) mass is 419 g/mol. The van der Waals surface area contributed by atoms with Crippen LogP contribution in [0.2, 0.25) is 0 Å². The Labute approximate surface area is 172 Å². The minimum Gasteiger partial charge on any atom is -0.339 e. The number of nitrogens with zero attached hydrogens (tertiary/aromatic N) is 3. The number of rotatable bonds is 4. The van der Waals surface area contributed by atoms with Gasteiger partial charge in [0, 0.05) is 50.7 Å². The van der Waals surface area contributed by atoms with Crippen LogP contribution in [0.4, 0.5) is 0 Å². The van der Waals surface area contributed by atoms with E-state index in [4.69, 9.17) is 0 Å². The first kappa shape index (κ1) is 20.3. The molecule has 7 nitrogen and oxygen atoms in total. The second-order valence-corrected chi connectivity index (χ2v) is 10.3. The number of carbonyl (C=O) groups is 2. The van der Waals surface area contributed by atoms with Gasteiger partial charge in [-0.05, 0) is 50.3 Å². The van der Waals surface area contributed by atoms with E-state index in [2.05, 4.69) is 0 Å². The van der Waals surface area contributed by atoms with Crippen LogP contribution < -0.4 is 0 Å². The molecule has 2 saturated heterocycles. The van der Waals surface area contributed by atoms with Crippen molar-refractivity contribution in [3.8, 4) is 0 Å². The summed E-state index contributed by atoms with van der Waals surface area (Å²) in [4.78, 5) is 29.1. The van der Waals surface area contributed by atoms with Crippen LogP contribution in [0.1, 0.15) is 48.0 Å². The molecule has 0 aromatic heterocycles. The van der Waals surface area contributed by atoms with E-state index in [9.17, 15) is 18.0 Å². The topological polar surface area (TPSA) is 78.0 Å². The van der Waals surface area contributed by atoms with Crippen LogP contribution in [-0.4, -0.2) is 73.6 Å². The molecule has 1 aromatic rings. The Morgan fingerprint density at radius 1 is 0.897 bits per heavy atom. The predicted molar refractivity (Wildman–Crippen MR) is 109 cm³/mol. The molecule has 2 aliphatic heterocycles. The summed E-state index contributed by atoms with van der Waals surface area (Å²) in [6.45, 7) is 4.97. The maximum absolute atomic E-state index is 13.1. The molecule has 0 atom stereocenters. The molecule has 158 valence electrons. The third-order valence-electron chi connectivity index (χ3n) is 6.20. The maximum Gasteiger partial charge on any atom is 0.254 e. The standard InChI is InChI=1S/C21H29N3O4S/c1-16-5-8-18(29(27,28)24-9-3-2-4-10-24)15-19(16)21(26)23-13-11-22(12-14-23)20(25)17-6-7-17/h5,8,15,17H,2-4,6-7,9-14H2,1H3. The van der Waals surface area contributed by atoms with Crippen LogP contribution in [0.3, 0.4) is 0 Å². The number of piperazine rings is 1. The highest BCUT2D eigenvalue weighted by Crippen LogP contribution is 2.31. The minimum atomic E-state index is -3.58. The van der Waals surface area contributed by atoms with Gasteiger partial charge in [0.25, 0.3) is 5.91 Å². The summed E-state index contributed by atoms with van der Waals surface area (Å²) in [6.07, 6.45) is 4.77. The first-order valence-electron chi connectivity index (χ1n) is 10.6. The Hall–Kier alpha value is -1.93. The molecular weight excluding hydrogens is 390 g/mol. The zero-order chi connectivity index (χ0) is 20.6. The van der Waals surface area contributed by atoms with E-state index < -0.39 is 10.0 Å². The first-order chi connectivity index (χ1) is 13.9. The van der Waals surface area contributed by atoms with Gasteiger partial charge in [-0.15, -0.1) is 0 Å². The normalized spacial score (nSPS) is 21.3. The largest absolute Gasteiger partial charge is 0.339 e. The molecule has 0 unspecified atom stereocenters. The van der Waals surface area contributed by atoms with Crippen molar-refractivity contribution in [2.45, 2.75) is 43.9 Å². The van der Waals surface area contributed by atoms with Crippen molar-refractivity contribution in [3.05, 3.63) is 29.3 Å². The zero-order valence-corrected chi connectivity index (χ0v) is 17.8. The molecule has 3 aliphatic rings. The van der Waals surface area contributed by atoms with Crippen molar-refractivity contribution in [1.29, 1.82) is 0 Å². The quantitative estimate of drug-likeness (QED) is 0.746. The smallest absolute Gasteiger partial charge is 0.254 e. The van der Waals surface area contributed by atoms with Crippen LogP contribution >= 0.6 is 0 Å². The fourth-order valence-corrected chi connectivity index (χ4v) is 5.68. The SMILES string of the molecule is Cc1ccc(S(=O)(=O)N2CCCCC2)cc1C(=O)N1CCN(C(=O)C2CC2)CC1. The molecule has 2 amide bonds. The Morgan fingerprint density at radius 3 is 2.14 bits per heavy atom. The minimum absolute atomic E-state index is 0.156. The summed E-state index contributed by atoms with van der Waals surface area (Å²) < 4.78 is 27.5. The van der Waals surface area contributed by atoms with Crippen molar-refractivity contribution < 1.29 is 18.0 Å². The van der Waals surface area contributed by atoms with Gasteiger partial charge in [0.1, 0.15) is 0 Å². The number of sulfonamides is 1. The van der Waals surface area contributed by atoms with E-state index in [-0.39, 0.29) is 22.6 Å². The van der Waals surface area contributed by atoms with Gasteiger partial charge in [-0.25, -0.2) is 8.42 Å². The third-order valence-corrected chi connectivity index (χ3v) is 8.09. The number of hydrogen-bond donors (Lipinski definition) is 0. The van der Waals surface area contributed by atoms with E-state index in [0.29, 0.717) is 44.8 Å². The van der Waals surface area contributed by atoms with Gasteiger partial charge in [0.05, 0.1) is 4.90 Å². The number of benzene rings is 1. The molecular formula is C21H29N3O4S. The summed E-state index contributed by atoms with van der Waals surface area (Å²) in [6, 6.07) is 4.85. The first-order valence-corrected chi connectivity index (χ1v) is 12.0. The Morgan fingerprint density at radius 2 is 1.52 bits per heavy atom. The van der Waals surface area contributed by atoms with Crippen molar-refractivity contribution in [1.82, 2.24) is 14.1 Å². The number of carbonyl (C=O) groups excluding carboxylic acids is 2. The lowest BCUT2D eigenvalue weighted by atomic mass is 10.1. The third kappa shape index (κ3) is 4.19. The van der Waals surface area contributed by atoms with Crippen LogP contribution in [0.25, 0.3) is 0 Å². The zero-order valence-electron chi connectivity index (χ0n) is 17.0.